The normalized spacial score (nSPS) is 22.0. The second-order valence-electron chi connectivity index (χ2n) is 15.7. The Morgan fingerprint density at radius 3 is 2.60 bits per heavy atom. The van der Waals surface area contributed by atoms with Crippen LogP contribution in [-0.2, 0) is 22.4 Å². The van der Waals surface area contributed by atoms with Gasteiger partial charge in [0.1, 0.15) is 41.3 Å². The van der Waals surface area contributed by atoms with Crippen molar-refractivity contribution in [2.24, 2.45) is 0 Å². The smallest absolute Gasteiger partial charge is 0.410 e. The number of aryl methyl sites for hydroxylation is 1. The summed E-state index contributed by atoms with van der Waals surface area (Å²) in [5.41, 5.74) is 0.798. The van der Waals surface area contributed by atoms with E-state index in [-0.39, 0.29) is 49.8 Å². The second-order valence-corrected chi connectivity index (χ2v) is 15.7. The van der Waals surface area contributed by atoms with Crippen LogP contribution in [0.1, 0.15) is 81.4 Å². The first kappa shape index (κ1) is 37.0. The number of nitrogens with zero attached hydrogens (tertiary/aromatic N) is 6. The molecule has 53 heavy (non-hydrogen) atoms. The number of hydrogen-bond acceptors (Lipinski definition) is 10. The standard InChI is InChI=1S/C39H50F2N6O6/c1-7-28-29(41)10-9-24-17-27(52-23-50-6)18-31(32(24)28)47-21-30-33(35(47)48)34(44(5)26-11-15-45(16-12-26)37(49)53-38(2,3)4)43-36(42-30)51-22-39-13-8-14-46(39)20-25(40)19-39/h9-10,17-18,25-26H,7-8,11-16,19-23H2,1-6H3/t25-,39+/m1/s1. The Kier molecular flexibility index (Phi) is 10.1. The zero-order valence-corrected chi connectivity index (χ0v) is 31.5. The monoisotopic (exact) mass is 736 g/mol. The number of fused-ring (bicyclic) bond motifs is 3. The third kappa shape index (κ3) is 7.19. The van der Waals surface area contributed by atoms with E-state index in [0.29, 0.717) is 84.8 Å². The van der Waals surface area contributed by atoms with Crippen LogP contribution in [0.5, 0.6) is 11.8 Å². The lowest BCUT2D eigenvalue weighted by atomic mass is 9.95. The highest BCUT2D eigenvalue weighted by Crippen LogP contribution is 2.43. The average molecular weight is 737 g/mol. The number of ether oxygens (including phenoxy) is 4. The number of methoxy groups -OCH3 is 1. The van der Waals surface area contributed by atoms with Crippen LogP contribution in [0.4, 0.5) is 25.1 Å². The number of alkyl halides is 1. The van der Waals surface area contributed by atoms with Gasteiger partial charge in [-0.25, -0.2) is 13.6 Å². The van der Waals surface area contributed by atoms with Gasteiger partial charge in [-0.1, -0.05) is 13.0 Å². The number of anilines is 2. The summed E-state index contributed by atoms with van der Waals surface area (Å²) < 4.78 is 52.9. The summed E-state index contributed by atoms with van der Waals surface area (Å²) in [7, 11) is 3.43. The van der Waals surface area contributed by atoms with Gasteiger partial charge in [0.15, 0.2) is 6.79 Å². The van der Waals surface area contributed by atoms with Gasteiger partial charge < -0.3 is 33.6 Å². The molecule has 1 aromatic heterocycles. The zero-order valence-electron chi connectivity index (χ0n) is 31.5. The molecule has 3 aromatic rings. The third-order valence-electron chi connectivity index (χ3n) is 11.0. The summed E-state index contributed by atoms with van der Waals surface area (Å²) in [6.07, 6.45) is 2.62. The lowest BCUT2D eigenvalue weighted by Gasteiger charge is -2.38. The van der Waals surface area contributed by atoms with E-state index in [1.54, 1.807) is 21.9 Å². The van der Waals surface area contributed by atoms with Crippen molar-refractivity contribution in [2.45, 2.75) is 96.1 Å². The number of amides is 2. The molecule has 14 heteroatoms. The van der Waals surface area contributed by atoms with Crippen molar-refractivity contribution in [3.8, 4) is 11.8 Å². The largest absolute Gasteiger partial charge is 0.467 e. The van der Waals surface area contributed by atoms with Crippen LogP contribution in [-0.4, -0.2) is 109 Å². The molecule has 7 rings (SSSR count). The first-order chi connectivity index (χ1) is 25.3. The van der Waals surface area contributed by atoms with Crippen molar-refractivity contribution < 1.29 is 37.3 Å². The molecule has 0 radical (unpaired) electrons. The summed E-state index contributed by atoms with van der Waals surface area (Å²) in [4.78, 5) is 44.7. The average Bonchev–Trinajstić information content (AvgIpc) is 3.77. The lowest BCUT2D eigenvalue weighted by Crippen LogP contribution is -2.47. The van der Waals surface area contributed by atoms with Gasteiger partial charge in [-0.15, -0.1) is 0 Å². The van der Waals surface area contributed by atoms with Crippen molar-refractivity contribution in [1.82, 2.24) is 19.8 Å². The molecule has 3 saturated heterocycles. The molecule has 0 saturated carbocycles. The first-order valence-electron chi connectivity index (χ1n) is 18.6. The number of rotatable bonds is 10. The van der Waals surface area contributed by atoms with Crippen LogP contribution in [0, 0.1) is 5.82 Å². The molecule has 4 aliphatic rings. The van der Waals surface area contributed by atoms with Gasteiger partial charge in [0.25, 0.3) is 5.91 Å². The maximum absolute atomic E-state index is 15.3. The minimum atomic E-state index is -0.907. The molecule has 0 unspecified atom stereocenters. The highest BCUT2D eigenvalue weighted by atomic mass is 19.1. The van der Waals surface area contributed by atoms with Crippen molar-refractivity contribution in [1.29, 1.82) is 0 Å². The van der Waals surface area contributed by atoms with Gasteiger partial charge >= 0.3 is 12.1 Å². The van der Waals surface area contributed by atoms with Crippen LogP contribution in [0.2, 0.25) is 0 Å². The first-order valence-corrected chi connectivity index (χ1v) is 18.6. The molecule has 2 atom stereocenters. The van der Waals surface area contributed by atoms with Gasteiger partial charge in [-0.05, 0) is 82.5 Å². The number of halogens is 2. The van der Waals surface area contributed by atoms with E-state index in [9.17, 15) is 14.0 Å². The summed E-state index contributed by atoms with van der Waals surface area (Å²) in [5, 5.41) is 1.35. The van der Waals surface area contributed by atoms with E-state index >= 15 is 4.39 Å². The van der Waals surface area contributed by atoms with Gasteiger partial charge in [-0.3, -0.25) is 9.69 Å². The maximum Gasteiger partial charge on any atom is 0.410 e. The lowest BCUT2D eigenvalue weighted by molar-refractivity contribution is 0.0205. The molecule has 4 aliphatic heterocycles. The van der Waals surface area contributed by atoms with Gasteiger partial charge in [0, 0.05) is 57.7 Å². The van der Waals surface area contributed by atoms with E-state index in [1.807, 2.05) is 45.7 Å². The Hall–Kier alpha value is -4.30. The molecule has 2 amide bonds. The molecular formula is C39H50F2N6O6. The number of aromatic nitrogens is 2. The number of carbonyl (C=O) groups is 2. The van der Waals surface area contributed by atoms with E-state index < -0.39 is 17.3 Å². The fraction of sp³-hybridized carbons (Fsp3) is 0.590. The number of likely N-dealkylation sites (tertiary alicyclic amines) is 1. The minimum Gasteiger partial charge on any atom is -0.467 e. The van der Waals surface area contributed by atoms with Crippen LogP contribution in [0.15, 0.2) is 24.3 Å². The topological polar surface area (TPSA) is 110 Å². The Morgan fingerprint density at radius 2 is 1.89 bits per heavy atom. The van der Waals surface area contributed by atoms with Crippen LogP contribution in [0.3, 0.4) is 0 Å². The molecule has 0 aliphatic carbocycles. The van der Waals surface area contributed by atoms with Crippen molar-refractivity contribution in [3.63, 3.8) is 0 Å². The predicted molar refractivity (Wildman–Crippen MR) is 196 cm³/mol. The second kappa shape index (κ2) is 14.5. The van der Waals surface area contributed by atoms with E-state index in [2.05, 4.69) is 4.90 Å². The highest BCUT2D eigenvalue weighted by molar-refractivity contribution is 6.16. The third-order valence-corrected chi connectivity index (χ3v) is 11.0. The fourth-order valence-electron chi connectivity index (χ4n) is 8.49. The van der Waals surface area contributed by atoms with Crippen molar-refractivity contribution in [3.05, 3.63) is 46.9 Å². The molecule has 0 spiro atoms. The quantitative estimate of drug-likeness (QED) is 0.221. The van der Waals surface area contributed by atoms with Crippen LogP contribution < -0.4 is 19.3 Å². The molecule has 0 bridgehead atoms. The summed E-state index contributed by atoms with van der Waals surface area (Å²) in [6, 6.07) is 6.74. The molecule has 5 heterocycles. The number of hydrogen-bond donors (Lipinski definition) is 0. The van der Waals surface area contributed by atoms with E-state index in [4.69, 9.17) is 28.9 Å². The van der Waals surface area contributed by atoms with Gasteiger partial charge in [0.05, 0.1) is 23.5 Å². The Labute approximate surface area is 309 Å². The van der Waals surface area contributed by atoms with E-state index in [1.165, 1.54) is 13.2 Å². The molecule has 286 valence electrons. The number of carbonyl (C=O) groups excluding carboxylic acids is 2. The van der Waals surface area contributed by atoms with E-state index in [0.717, 1.165) is 24.8 Å². The predicted octanol–water partition coefficient (Wildman–Crippen LogP) is 6.27. The van der Waals surface area contributed by atoms with Gasteiger partial charge in [-0.2, -0.15) is 9.97 Å². The Bertz CT molecular complexity index is 1880. The summed E-state index contributed by atoms with van der Waals surface area (Å²) in [5.74, 6) is 0.209. The zero-order chi connectivity index (χ0) is 37.7. The molecule has 12 nitrogen and oxygen atoms in total. The molecule has 0 N–H and O–H groups in total. The summed E-state index contributed by atoms with van der Waals surface area (Å²) >= 11 is 0. The minimum absolute atomic E-state index is 0.00309. The van der Waals surface area contributed by atoms with Crippen LogP contribution >= 0.6 is 0 Å². The molecule has 3 fully saturated rings. The highest BCUT2D eigenvalue weighted by Gasteiger charge is 2.49. The number of benzene rings is 2. The SMILES string of the molecule is CCc1c(F)ccc2cc(OCOC)cc(N3Cc4nc(OC[C@@]56CCCN5C[C@H](F)C6)nc(N(C)C5CCN(C(=O)OC(C)(C)C)CC5)c4C3=O)c12. The fourth-order valence-corrected chi connectivity index (χ4v) is 8.49. The Balaban J connectivity index is 1.24. The van der Waals surface area contributed by atoms with Gasteiger partial charge in [0.2, 0.25) is 0 Å². The number of piperidine rings is 1. The molecule has 2 aromatic carbocycles. The van der Waals surface area contributed by atoms with Crippen LogP contribution in [0.25, 0.3) is 10.8 Å². The molecular weight excluding hydrogens is 686 g/mol. The Morgan fingerprint density at radius 1 is 1.11 bits per heavy atom. The maximum atomic E-state index is 15.3. The van der Waals surface area contributed by atoms with Crippen molar-refractivity contribution >= 4 is 34.3 Å². The van der Waals surface area contributed by atoms with Crippen molar-refractivity contribution in [2.75, 3.05) is 63.5 Å². The summed E-state index contributed by atoms with van der Waals surface area (Å²) in [6.45, 7) is 9.94.